The molecule has 4 nitrogen and oxygen atoms in total. The van der Waals surface area contributed by atoms with Crippen molar-refractivity contribution >= 4 is 23.4 Å². The van der Waals surface area contributed by atoms with Crippen molar-refractivity contribution in [1.29, 1.82) is 0 Å². The number of benzene rings is 2. The van der Waals surface area contributed by atoms with Crippen molar-refractivity contribution in [3.05, 3.63) is 48.0 Å². The van der Waals surface area contributed by atoms with Crippen molar-refractivity contribution in [1.82, 2.24) is 0 Å². The third-order valence-electron chi connectivity index (χ3n) is 3.15. The number of amides is 1. The maximum Gasteiger partial charge on any atom is 0.255 e. The van der Waals surface area contributed by atoms with Crippen LogP contribution < -0.4 is 14.8 Å². The van der Waals surface area contributed by atoms with E-state index in [0.717, 1.165) is 10.6 Å². The van der Waals surface area contributed by atoms with Gasteiger partial charge >= 0.3 is 0 Å². The fraction of sp³-hybridized carbons (Fsp3) is 0.278. The van der Waals surface area contributed by atoms with Crippen LogP contribution in [0.4, 0.5) is 5.69 Å². The van der Waals surface area contributed by atoms with Gasteiger partial charge in [-0.25, -0.2) is 0 Å². The Labute approximate surface area is 141 Å². The Morgan fingerprint density at radius 3 is 2.26 bits per heavy atom. The minimum Gasteiger partial charge on any atom is -0.490 e. The third-order valence-corrected chi connectivity index (χ3v) is 3.90. The first kappa shape index (κ1) is 17.2. The number of hydrogen-bond acceptors (Lipinski definition) is 4. The molecule has 0 aliphatic heterocycles. The molecule has 2 aromatic rings. The molecule has 0 radical (unpaired) electrons. The Morgan fingerprint density at radius 2 is 1.65 bits per heavy atom. The van der Waals surface area contributed by atoms with Crippen molar-refractivity contribution in [2.45, 2.75) is 18.7 Å². The van der Waals surface area contributed by atoms with Gasteiger partial charge in [-0.2, -0.15) is 0 Å². The zero-order valence-corrected chi connectivity index (χ0v) is 14.4. The Balaban J connectivity index is 2.15. The number of carbonyl (C=O) groups is 1. The molecule has 2 rings (SSSR count). The highest BCUT2D eigenvalue weighted by Gasteiger charge is 2.11. The average Bonchev–Trinajstić information content (AvgIpc) is 2.57. The third kappa shape index (κ3) is 4.66. The van der Waals surface area contributed by atoms with Gasteiger partial charge in [0, 0.05) is 16.1 Å². The average molecular weight is 331 g/mol. The summed E-state index contributed by atoms with van der Waals surface area (Å²) >= 11 is 1.66. The highest BCUT2D eigenvalue weighted by Crippen LogP contribution is 2.29. The van der Waals surface area contributed by atoms with Crippen LogP contribution >= 0.6 is 11.8 Å². The highest BCUT2D eigenvalue weighted by atomic mass is 32.2. The molecule has 1 amide bonds. The van der Waals surface area contributed by atoms with Crippen molar-refractivity contribution in [3.8, 4) is 11.5 Å². The molecule has 5 heteroatoms. The van der Waals surface area contributed by atoms with Crippen LogP contribution in [0.3, 0.4) is 0 Å². The fourth-order valence-electron chi connectivity index (χ4n) is 2.07. The number of thioether (sulfide) groups is 1. The number of carbonyl (C=O) groups excluding carboxylic acids is 1. The predicted octanol–water partition coefficient (Wildman–Crippen LogP) is 4.46. The molecule has 0 saturated carbocycles. The van der Waals surface area contributed by atoms with Crippen LogP contribution in [0.25, 0.3) is 0 Å². The van der Waals surface area contributed by atoms with Crippen LogP contribution in [-0.4, -0.2) is 25.4 Å². The molecular weight excluding hydrogens is 310 g/mol. The number of hydrogen-bond donors (Lipinski definition) is 1. The summed E-state index contributed by atoms with van der Waals surface area (Å²) in [4.78, 5) is 13.5. The molecule has 0 aromatic heterocycles. The zero-order valence-electron chi connectivity index (χ0n) is 13.6. The van der Waals surface area contributed by atoms with E-state index in [0.29, 0.717) is 30.3 Å². The molecule has 122 valence electrons. The zero-order chi connectivity index (χ0) is 16.7. The normalized spacial score (nSPS) is 10.2. The Hall–Kier alpha value is -2.14. The first-order valence-corrected chi connectivity index (χ1v) is 8.75. The minimum absolute atomic E-state index is 0.175. The van der Waals surface area contributed by atoms with Crippen molar-refractivity contribution in [2.24, 2.45) is 0 Å². The molecular formula is C18H21NO3S. The van der Waals surface area contributed by atoms with Gasteiger partial charge < -0.3 is 14.8 Å². The van der Waals surface area contributed by atoms with Gasteiger partial charge in [0.05, 0.1) is 13.2 Å². The first-order chi connectivity index (χ1) is 11.2. The van der Waals surface area contributed by atoms with Gasteiger partial charge in [0.2, 0.25) is 0 Å². The van der Waals surface area contributed by atoms with Gasteiger partial charge in [-0.15, -0.1) is 11.8 Å². The number of ether oxygens (including phenoxy) is 2. The van der Waals surface area contributed by atoms with Crippen LogP contribution in [0.1, 0.15) is 24.2 Å². The Bertz CT molecular complexity index is 656. The standard InChI is InChI=1S/C18H21NO3S/c1-4-21-16-11-6-13(12-17(16)22-5-2)18(20)19-14-7-9-15(23-3)10-8-14/h6-12H,4-5H2,1-3H3,(H,19,20). The van der Waals surface area contributed by atoms with E-state index in [-0.39, 0.29) is 5.91 Å². The summed E-state index contributed by atoms with van der Waals surface area (Å²) in [6.45, 7) is 4.87. The second-order valence-corrected chi connectivity index (χ2v) is 5.59. The van der Waals surface area contributed by atoms with Crippen LogP contribution in [0, 0.1) is 0 Å². The lowest BCUT2D eigenvalue weighted by Gasteiger charge is -2.12. The Morgan fingerprint density at radius 1 is 1.00 bits per heavy atom. The van der Waals surface area contributed by atoms with E-state index in [1.807, 2.05) is 44.4 Å². The van der Waals surface area contributed by atoms with E-state index in [1.165, 1.54) is 0 Å². The summed E-state index contributed by atoms with van der Waals surface area (Å²) in [6, 6.07) is 12.9. The van der Waals surface area contributed by atoms with Gasteiger partial charge in [-0.05, 0) is 62.6 Å². The van der Waals surface area contributed by atoms with E-state index in [1.54, 1.807) is 30.0 Å². The summed E-state index contributed by atoms with van der Waals surface area (Å²) in [5, 5.41) is 2.89. The lowest BCUT2D eigenvalue weighted by atomic mass is 10.2. The monoisotopic (exact) mass is 331 g/mol. The molecule has 0 bridgehead atoms. The predicted molar refractivity (Wildman–Crippen MR) is 95.0 cm³/mol. The molecule has 0 unspecified atom stereocenters. The molecule has 1 N–H and O–H groups in total. The van der Waals surface area contributed by atoms with E-state index in [2.05, 4.69) is 5.32 Å². The van der Waals surface area contributed by atoms with E-state index in [4.69, 9.17) is 9.47 Å². The van der Waals surface area contributed by atoms with Gasteiger partial charge in [0.25, 0.3) is 5.91 Å². The summed E-state index contributed by atoms with van der Waals surface area (Å²) in [6.07, 6.45) is 2.02. The van der Waals surface area contributed by atoms with Crippen molar-refractivity contribution in [3.63, 3.8) is 0 Å². The summed E-state index contributed by atoms with van der Waals surface area (Å²) in [5.74, 6) is 1.06. The number of rotatable bonds is 7. The first-order valence-electron chi connectivity index (χ1n) is 7.53. The lowest BCUT2D eigenvalue weighted by molar-refractivity contribution is 0.102. The fourth-order valence-corrected chi connectivity index (χ4v) is 2.48. The molecule has 0 aliphatic carbocycles. The minimum atomic E-state index is -0.175. The second kappa shape index (κ2) is 8.48. The van der Waals surface area contributed by atoms with Crippen LogP contribution in [0.5, 0.6) is 11.5 Å². The summed E-state index contributed by atoms with van der Waals surface area (Å²) in [7, 11) is 0. The largest absolute Gasteiger partial charge is 0.490 e. The van der Waals surface area contributed by atoms with Crippen LogP contribution in [0.15, 0.2) is 47.4 Å². The maximum absolute atomic E-state index is 12.4. The SMILES string of the molecule is CCOc1ccc(C(=O)Nc2ccc(SC)cc2)cc1OCC. The van der Waals surface area contributed by atoms with Gasteiger partial charge in [-0.3, -0.25) is 4.79 Å². The molecule has 2 aromatic carbocycles. The molecule has 0 atom stereocenters. The molecule has 0 fully saturated rings. The molecule has 23 heavy (non-hydrogen) atoms. The second-order valence-electron chi connectivity index (χ2n) is 4.71. The van der Waals surface area contributed by atoms with Gasteiger partial charge in [0.15, 0.2) is 11.5 Å². The highest BCUT2D eigenvalue weighted by molar-refractivity contribution is 7.98. The van der Waals surface area contributed by atoms with Crippen LogP contribution in [-0.2, 0) is 0 Å². The van der Waals surface area contributed by atoms with E-state index in [9.17, 15) is 4.79 Å². The summed E-state index contributed by atoms with van der Waals surface area (Å²) < 4.78 is 11.1. The molecule has 0 aliphatic rings. The number of anilines is 1. The quantitative estimate of drug-likeness (QED) is 0.761. The lowest BCUT2D eigenvalue weighted by Crippen LogP contribution is -2.12. The van der Waals surface area contributed by atoms with Gasteiger partial charge in [-0.1, -0.05) is 0 Å². The number of nitrogens with one attached hydrogen (secondary N) is 1. The van der Waals surface area contributed by atoms with Gasteiger partial charge in [0.1, 0.15) is 0 Å². The van der Waals surface area contributed by atoms with E-state index >= 15 is 0 Å². The van der Waals surface area contributed by atoms with E-state index < -0.39 is 0 Å². The van der Waals surface area contributed by atoms with Crippen molar-refractivity contribution in [2.75, 3.05) is 24.8 Å². The van der Waals surface area contributed by atoms with Crippen molar-refractivity contribution < 1.29 is 14.3 Å². The molecule has 0 heterocycles. The Kier molecular flexibility index (Phi) is 6.35. The topological polar surface area (TPSA) is 47.6 Å². The maximum atomic E-state index is 12.4. The summed E-state index contributed by atoms with van der Waals surface area (Å²) in [5.41, 5.74) is 1.30. The molecule has 0 spiro atoms. The smallest absolute Gasteiger partial charge is 0.255 e. The molecule has 0 saturated heterocycles. The van der Waals surface area contributed by atoms with Crippen LogP contribution in [0.2, 0.25) is 0 Å².